The largest absolute Gasteiger partial charge is 0.378 e. The molecule has 0 amide bonds. The van der Waals surface area contributed by atoms with Crippen molar-refractivity contribution in [1.82, 2.24) is 14.5 Å². The summed E-state index contributed by atoms with van der Waals surface area (Å²) >= 11 is 0. The van der Waals surface area contributed by atoms with E-state index in [0.29, 0.717) is 43.2 Å². The third-order valence-corrected chi connectivity index (χ3v) is 3.45. The summed E-state index contributed by atoms with van der Waals surface area (Å²) in [7, 11) is 0. The molecule has 2 N–H and O–H groups in total. The van der Waals surface area contributed by atoms with Gasteiger partial charge in [0.15, 0.2) is 11.6 Å². The van der Waals surface area contributed by atoms with E-state index in [2.05, 4.69) is 9.97 Å². The Morgan fingerprint density at radius 2 is 1.83 bits per heavy atom. The lowest BCUT2D eigenvalue weighted by molar-refractivity contribution is 0.134. The van der Waals surface area contributed by atoms with Gasteiger partial charge in [-0.25, -0.2) is 13.8 Å². The lowest BCUT2D eigenvalue weighted by Crippen LogP contribution is -2.13. The van der Waals surface area contributed by atoms with Crippen LogP contribution < -0.4 is 5.73 Å². The molecule has 0 aliphatic carbocycles. The second-order valence-corrected chi connectivity index (χ2v) is 4.98. The molecule has 0 unspecified atom stereocenters. The van der Waals surface area contributed by atoms with E-state index < -0.39 is 11.6 Å². The van der Waals surface area contributed by atoms with Crippen molar-refractivity contribution < 1.29 is 13.5 Å². The molecule has 0 saturated carbocycles. The third-order valence-electron chi connectivity index (χ3n) is 3.45. The van der Waals surface area contributed by atoms with E-state index in [1.54, 1.807) is 24.5 Å². The fourth-order valence-electron chi connectivity index (χ4n) is 2.41. The van der Waals surface area contributed by atoms with Crippen molar-refractivity contribution >= 4 is 11.0 Å². The van der Waals surface area contributed by atoms with Crippen LogP contribution in [0.3, 0.4) is 0 Å². The Morgan fingerprint density at radius 1 is 1.09 bits per heavy atom. The van der Waals surface area contributed by atoms with E-state index in [4.69, 9.17) is 10.5 Å². The van der Waals surface area contributed by atoms with E-state index >= 15 is 0 Å². The lowest BCUT2D eigenvalue weighted by Gasteiger charge is -2.09. The molecule has 7 heteroatoms. The van der Waals surface area contributed by atoms with Crippen molar-refractivity contribution in [3.05, 3.63) is 48.3 Å². The normalized spacial score (nSPS) is 11.3. The number of hydrogen-bond donors (Lipinski definition) is 1. The average Bonchev–Trinajstić information content (AvgIpc) is 2.91. The molecule has 3 aromatic rings. The Morgan fingerprint density at radius 3 is 2.57 bits per heavy atom. The summed E-state index contributed by atoms with van der Waals surface area (Å²) < 4.78 is 34.3. The van der Waals surface area contributed by atoms with Gasteiger partial charge in [-0.3, -0.25) is 4.98 Å². The highest BCUT2D eigenvalue weighted by Crippen LogP contribution is 2.26. The lowest BCUT2D eigenvalue weighted by atomic mass is 10.2. The van der Waals surface area contributed by atoms with E-state index in [-0.39, 0.29) is 0 Å². The Labute approximate surface area is 131 Å². The van der Waals surface area contributed by atoms with Crippen LogP contribution in [0.4, 0.5) is 8.78 Å². The van der Waals surface area contributed by atoms with Crippen molar-refractivity contribution in [1.29, 1.82) is 0 Å². The number of benzene rings is 1. The van der Waals surface area contributed by atoms with Crippen molar-refractivity contribution in [2.45, 2.75) is 6.54 Å². The predicted molar refractivity (Wildman–Crippen MR) is 82.8 cm³/mol. The molecule has 0 radical (unpaired) electrons. The zero-order chi connectivity index (χ0) is 16.2. The van der Waals surface area contributed by atoms with Crippen LogP contribution in [0.1, 0.15) is 0 Å². The molecule has 0 aliphatic heterocycles. The number of fused-ring (bicyclic) bond motifs is 1. The van der Waals surface area contributed by atoms with Crippen molar-refractivity contribution in [3.63, 3.8) is 0 Å². The molecule has 5 nitrogen and oxygen atoms in total. The van der Waals surface area contributed by atoms with Crippen molar-refractivity contribution in [2.75, 3.05) is 19.8 Å². The molecule has 0 aliphatic rings. The minimum atomic E-state index is -0.914. The maximum atomic E-state index is 13.6. The highest BCUT2D eigenvalue weighted by Gasteiger charge is 2.15. The molecule has 0 saturated heterocycles. The maximum absolute atomic E-state index is 13.6. The van der Waals surface area contributed by atoms with Gasteiger partial charge in [-0.15, -0.1) is 0 Å². The molecule has 120 valence electrons. The summed E-state index contributed by atoms with van der Waals surface area (Å²) in [5.41, 5.74) is 7.13. The number of pyridine rings is 1. The minimum Gasteiger partial charge on any atom is -0.378 e. The number of nitrogens with two attached hydrogens (primary N) is 1. The quantitative estimate of drug-likeness (QED) is 0.709. The summed E-state index contributed by atoms with van der Waals surface area (Å²) in [6.45, 7) is 1.74. The maximum Gasteiger partial charge on any atom is 0.161 e. The molecule has 0 fully saturated rings. The molecule has 0 atom stereocenters. The number of rotatable bonds is 6. The summed E-state index contributed by atoms with van der Waals surface area (Å²) in [5, 5.41) is 0. The Kier molecular flexibility index (Phi) is 4.59. The average molecular weight is 318 g/mol. The van der Waals surface area contributed by atoms with Gasteiger partial charge >= 0.3 is 0 Å². The minimum absolute atomic E-state index is 0.398. The first-order chi connectivity index (χ1) is 11.2. The second kappa shape index (κ2) is 6.80. The van der Waals surface area contributed by atoms with Gasteiger partial charge in [0, 0.05) is 43.2 Å². The first kappa shape index (κ1) is 15.5. The molecular weight excluding hydrogens is 302 g/mol. The van der Waals surface area contributed by atoms with E-state index in [1.165, 1.54) is 0 Å². The van der Waals surface area contributed by atoms with Crippen molar-refractivity contribution in [3.8, 4) is 11.4 Å². The monoisotopic (exact) mass is 318 g/mol. The van der Waals surface area contributed by atoms with Crippen LogP contribution in [-0.4, -0.2) is 34.3 Å². The molecule has 2 aromatic heterocycles. The number of nitrogens with zero attached hydrogens (tertiary/aromatic N) is 3. The smallest absolute Gasteiger partial charge is 0.161 e. The highest BCUT2D eigenvalue weighted by atomic mass is 19.2. The zero-order valence-corrected chi connectivity index (χ0v) is 12.4. The van der Waals surface area contributed by atoms with Gasteiger partial charge in [0.2, 0.25) is 0 Å². The van der Waals surface area contributed by atoms with Crippen LogP contribution in [0.25, 0.3) is 22.4 Å². The summed E-state index contributed by atoms with van der Waals surface area (Å²) in [4.78, 5) is 8.41. The van der Waals surface area contributed by atoms with Gasteiger partial charge in [0.05, 0.1) is 24.2 Å². The number of hydrogen-bond acceptors (Lipinski definition) is 4. The molecular formula is C16H16F2N4O. The molecule has 3 rings (SSSR count). The fourth-order valence-corrected chi connectivity index (χ4v) is 2.41. The first-order valence-electron chi connectivity index (χ1n) is 7.24. The number of imidazole rings is 1. The molecule has 1 aromatic carbocycles. The van der Waals surface area contributed by atoms with E-state index in [0.717, 1.165) is 17.7 Å². The van der Waals surface area contributed by atoms with E-state index in [9.17, 15) is 8.78 Å². The van der Waals surface area contributed by atoms with Crippen LogP contribution in [0, 0.1) is 11.6 Å². The predicted octanol–water partition coefficient (Wildman–Crippen LogP) is 2.35. The van der Waals surface area contributed by atoms with Gasteiger partial charge in [-0.2, -0.15) is 0 Å². The van der Waals surface area contributed by atoms with Crippen LogP contribution in [0.5, 0.6) is 0 Å². The summed E-state index contributed by atoms with van der Waals surface area (Å²) in [5.74, 6) is -1.20. The van der Waals surface area contributed by atoms with Gasteiger partial charge in [0.1, 0.15) is 5.82 Å². The Hall–Kier alpha value is -2.38. The van der Waals surface area contributed by atoms with Crippen LogP contribution >= 0.6 is 0 Å². The first-order valence-corrected chi connectivity index (χ1v) is 7.24. The third kappa shape index (κ3) is 3.20. The Balaban J connectivity index is 2.06. The number of aromatic nitrogens is 3. The Bertz CT molecular complexity index is 805. The van der Waals surface area contributed by atoms with Gasteiger partial charge < -0.3 is 15.0 Å². The second-order valence-electron chi connectivity index (χ2n) is 4.98. The van der Waals surface area contributed by atoms with Gasteiger partial charge in [-0.05, 0) is 12.1 Å². The molecule has 23 heavy (non-hydrogen) atoms. The summed E-state index contributed by atoms with van der Waals surface area (Å²) in [6, 6.07) is 5.86. The van der Waals surface area contributed by atoms with E-state index in [1.807, 2.05) is 4.57 Å². The number of ether oxygens (including phenoxy) is 1. The molecule has 0 spiro atoms. The van der Waals surface area contributed by atoms with Crippen LogP contribution in [-0.2, 0) is 11.3 Å². The zero-order valence-electron chi connectivity index (χ0n) is 12.4. The van der Waals surface area contributed by atoms with Crippen LogP contribution in [0.2, 0.25) is 0 Å². The molecule has 0 bridgehead atoms. The summed E-state index contributed by atoms with van der Waals surface area (Å²) in [6.07, 6.45) is 3.29. The fraction of sp³-hybridized carbons (Fsp3) is 0.250. The topological polar surface area (TPSA) is 66.0 Å². The van der Waals surface area contributed by atoms with Gasteiger partial charge in [0.25, 0.3) is 0 Å². The van der Waals surface area contributed by atoms with Crippen LogP contribution in [0.15, 0.2) is 36.7 Å². The molecule has 2 heterocycles. The SMILES string of the molecule is NCCOCCn1c(-c2ccncc2)nc2cc(F)c(F)cc21. The highest BCUT2D eigenvalue weighted by molar-refractivity contribution is 5.80. The van der Waals surface area contributed by atoms with Gasteiger partial charge in [-0.1, -0.05) is 0 Å². The standard InChI is InChI=1S/C16H16F2N4O/c17-12-9-14-15(10-13(12)18)22(6-8-23-7-3-19)16(21-14)11-1-4-20-5-2-11/h1-2,4-5,9-10H,3,6-8,19H2. The number of halogens is 2. The van der Waals surface area contributed by atoms with Crippen molar-refractivity contribution in [2.24, 2.45) is 5.73 Å².